The molecule has 3 amide bonds. The van der Waals surface area contributed by atoms with Gasteiger partial charge in [0.1, 0.15) is 5.69 Å². The highest BCUT2D eigenvalue weighted by Gasteiger charge is 2.37. The minimum Gasteiger partial charge on any atom is -0.355 e. The minimum atomic E-state index is -0.296. The molecule has 3 aromatic carbocycles. The molecule has 2 saturated heterocycles. The van der Waals surface area contributed by atoms with Gasteiger partial charge in [-0.1, -0.05) is 65.7 Å². The number of urea groups is 1. The van der Waals surface area contributed by atoms with Crippen LogP contribution in [0.3, 0.4) is 0 Å². The van der Waals surface area contributed by atoms with Crippen molar-refractivity contribution in [1.82, 2.24) is 29.3 Å². The van der Waals surface area contributed by atoms with E-state index in [1.807, 2.05) is 97.1 Å². The van der Waals surface area contributed by atoms with Crippen molar-refractivity contribution in [1.29, 1.82) is 0 Å². The van der Waals surface area contributed by atoms with Crippen LogP contribution in [0.5, 0.6) is 0 Å². The van der Waals surface area contributed by atoms with Gasteiger partial charge in [0.15, 0.2) is 5.82 Å². The second-order valence-corrected chi connectivity index (χ2v) is 14.3. The topological polar surface area (TPSA) is 102 Å². The molecule has 3 aromatic heterocycles. The lowest BCUT2D eigenvalue weighted by molar-refractivity contribution is 0.102. The van der Waals surface area contributed by atoms with Gasteiger partial charge >= 0.3 is 6.03 Å². The van der Waals surface area contributed by atoms with Crippen LogP contribution in [0.15, 0.2) is 91.4 Å². The number of rotatable bonds is 6. The Balaban J connectivity index is 1.11. The van der Waals surface area contributed by atoms with E-state index in [2.05, 4.69) is 19.8 Å². The first kappa shape index (κ1) is 31.6. The van der Waals surface area contributed by atoms with E-state index in [1.165, 1.54) is 0 Å². The first-order chi connectivity index (χ1) is 24.9. The zero-order valence-electron chi connectivity index (χ0n) is 27.8. The zero-order valence-corrected chi connectivity index (χ0v) is 29.3. The molecule has 0 saturated carbocycles. The van der Waals surface area contributed by atoms with Crippen LogP contribution in [0.2, 0.25) is 10.0 Å². The summed E-state index contributed by atoms with van der Waals surface area (Å²) < 4.78 is 2.13. The maximum Gasteiger partial charge on any atom is 0.320 e. The van der Waals surface area contributed by atoms with E-state index >= 15 is 0 Å². The number of imidazole rings is 1. The number of amides is 3. The number of likely N-dealkylation sites (N-methyl/N-ethyl adjacent to an activating group) is 1. The first-order valence-electron chi connectivity index (χ1n) is 17.1. The molecule has 2 N–H and O–H groups in total. The average molecular weight is 718 g/mol. The molecule has 6 heterocycles. The van der Waals surface area contributed by atoms with Gasteiger partial charge in [-0.15, -0.1) is 0 Å². The van der Waals surface area contributed by atoms with Crippen molar-refractivity contribution in [2.24, 2.45) is 0 Å². The molecule has 2 fully saturated rings. The summed E-state index contributed by atoms with van der Waals surface area (Å²) in [4.78, 5) is 46.3. The third kappa shape index (κ3) is 5.32. The lowest BCUT2D eigenvalue weighted by Gasteiger charge is -2.37. The summed E-state index contributed by atoms with van der Waals surface area (Å²) in [6.07, 6.45) is 5.26. The summed E-state index contributed by atoms with van der Waals surface area (Å²) in [6.45, 7) is 2.97. The van der Waals surface area contributed by atoms with E-state index in [0.717, 1.165) is 83.6 Å². The zero-order chi connectivity index (χ0) is 34.8. The molecule has 3 aliphatic heterocycles. The number of carbonyl (C=O) groups excluding carboxylic acids is 2. The number of H-pyrrole nitrogens is 1. The van der Waals surface area contributed by atoms with Crippen LogP contribution in [-0.4, -0.2) is 80.5 Å². The lowest BCUT2D eigenvalue weighted by Crippen LogP contribution is -2.46. The molecule has 0 unspecified atom stereocenters. The second kappa shape index (κ2) is 12.5. The van der Waals surface area contributed by atoms with Crippen molar-refractivity contribution in [3.63, 3.8) is 0 Å². The highest BCUT2D eigenvalue weighted by Crippen LogP contribution is 2.50. The maximum atomic E-state index is 14.6. The molecular weight excluding hydrogens is 683 g/mol. The van der Waals surface area contributed by atoms with Gasteiger partial charge in [-0.25, -0.2) is 14.8 Å². The molecule has 0 aliphatic carbocycles. The van der Waals surface area contributed by atoms with E-state index in [0.29, 0.717) is 27.2 Å². The molecule has 0 radical (unpaired) electrons. The number of carbonyl (C=O) groups is 2. The average Bonchev–Trinajstić information content (AvgIpc) is 3.85. The Bertz CT molecular complexity index is 2310. The number of aromatic amines is 1. The number of nitrogens with one attached hydrogen (secondary N) is 2. The van der Waals surface area contributed by atoms with Crippen LogP contribution in [0.1, 0.15) is 40.5 Å². The van der Waals surface area contributed by atoms with Crippen molar-refractivity contribution in [2.45, 2.75) is 24.9 Å². The number of anilines is 2. The molecule has 51 heavy (non-hydrogen) atoms. The normalized spacial score (nSPS) is 17.4. The number of halogens is 2. The van der Waals surface area contributed by atoms with Gasteiger partial charge in [0.05, 0.1) is 29.4 Å². The number of pyridine rings is 1. The third-order valence-electron chi connectivity index (χ3n) is 10.4. The van der Waals surface area contributed by atoms with Crippen molar-refractivity contribution in [3.8, 4) is 22.5 Å². The fraction of sp³-hybridized carbons (Fsp3) is 0.231. The van der Waals surface area contributed by atoms with Gasteiger partial charge < -0.3 is 29.6 Å². The standard InChI is InChI=1S/C39H34Cl2N8O2/c1-46-18-19-48(39(46)51)27-13-16-47(17-14-27)37-29(8-5-15-42-37)45-38(50)34-32-31-28(20-26(41)21-30(31)44-34)35(24-9-11-25(40)12-10-24)49-22-43-33(36(32)49)23-6-3-2-4-7-23/h2-12,15,20-22,27,35,44H,13-14,16-19H2,1H3,(H,45,50)/t35-/m1/s1. The highest BCUT2D eigenvalue weighted by molar-refractivity contribution is 6.32. The summed E-state index contributed by atoms with van der Waals surface area (Å²) in [6, 6.07) is 25.4. The Kier molecular flexibility index (Phi) is 7.74. The van der Waals surface area contributed by atoms with Crippen LogP contribution < -0.4 is 10.2 Å². The van der Waals surface area contributed by atoms with Crippen LogP contribution in [0.4, 0.5) is 16.3 Å². The smallest absolute Gasteiger partial charge is 0.320 e. The lowest BCUT2D eigenvalue weighted by atomic mass is 9.88. The van der Waals surface area contributed by atoms with E-state index in [-0.39, 0.29) is 24.0 Å². The second-order valence-electron chi connectivity index (χ2n) is 13.4. The Labute approximate surface area is 304 Å². The predicted octanol–water partition coefficient (Wildman–Crippen LogP) is 7.94. The van der Waals surface area contributed by atoms with Crippen LogP contribution in [0, 0.1) is 0 Å². The van der Waals surface area contributed by atoms with Crippen molar-refractivity contribution < 1.29 is 9.59 Å². The van der Waals surface area contributed by atoms with Gasteiger partial charge in [0.2, 0.25) is 0 Å². The Morgan fingerprint density at radius 2 is 1.69 bits per heavy atom. The third-order valence-corrected chi connectivity index (χ3v) is 10.9. The number of aromatic nitrogens is 4. The number of benzene rings is 3. The summed E-state index contributed by atoms with van der Waals surface area (Å²) in [5, 5.41) is 5.34. The quantitative estimate of drug-likeness (QED) is 0.182. The SMILES string of the molecule is CN1CCN(C2CCN(c3ncccc3NC(=O)c3[nH]c4cc(Cl)cc5c4c3-c3c(-c4ccccc4)ncn3[C@@H]5c3ccc(Cl)cc3)CC2)C1=O. The molecular formula is C39H34Cl2N8O2. The maximum absolute atomic E-state index is 14.6. The number of nitrogens with zero attached hydrogens (tertiary/aromatic N) is 6. The van der Waals surface area contributed by atoms with Crippen molar-refractivity contribution in [3.05, 3.63) is 118 Å². The summed E-state index contributed by atoms with van der Waals surface area (Å²) in [5.41, 5.74) is 7.09. The largest absolute Gasteiger partial charge is 0.355 e. The van der Waals surface area contributed by atoms with Crippen LogP contribution >= 0.6 is 23.2 Å². The van der Waals surface area contributed by atoms with Crippen molar-refractivity contribution >= 4 is 57.5 Å². The summed E-state index contributed by atoms with van der Waals surface area (Å²) >= 11 is 13.1. The molecule has 9 rings (SSSR count). The molecule has 3 aliphatic rings. The van der Waals surface area contributed by atoms with Crippen LogP contribution in [-0.2, 0) is 0 Å². The molecule has 10 nitrogen and oxygen atoms in total. The Morgan fingerprint density at radius 1 is 0.902 bits per heavy atom. The van der Waals surface area contributed by atoms with E-state index in [1.54, 1.807) is 11.1 Å². The number of fused-ring (bicyclic) bond motifs is 2. The predicted molar refractivity (Wildman–Crippen MR) is 201 cm³/mol. The number of hydrogen-bond donors (Lipinski definition) is 2. The Morgan fingerprint density at radius 3 is 2.43 bits per heavy atom. The summed E-state index contributed by atoms with van der Waals surface area (Å²) in [5.74, 6) is 0.412. The Hall–Kier alpha value is -5.32. The van der Waals surface area contributed by atoms with E-state index < -0.39 is 0 Å². The van der Waals surface area contributed by atoms with Gasteiger partial charge in [0.25, 0.3) is 5.91 Å². The molecule has 0 spiro atoms. The monoisotopic (exact) mass is 716 g/mol. The molecule has 1 atom stereocenters. The molecule has 6 aromatic rings. The van der Waals surface area contributed by atoms with Crippen LogP contribution in [0.25, 0.3) is 33.4 Å². The van der Waals surface area contributed by atoms with E-state index in [9.17, 15) is 9.59 Å². The molecule has 12 heteroatoms. The highest BCUT2D eigenvalue weighted by atomic mass is 35.5. The van der Waals surface area contributed by atoms with Gasteiger partial charge in [-0.05, 0) is 60.4 Å². The fourth-order valence-electron chi connectivity index (χ4n) is 8.02. The first-order valence-corrected chi connectivity index (χ1v) is 17.9. The van der Waals surface area contributed by atoms with Crippen molar-refractivity contribution in [2.75, 3.05) is 43.4 Å². The van der Waals surface area contributed by atoms with Gasteiger partial charge in [-0.3, -0.25) is 4.79 Å². The molecule has 0 bridgehead atoms. The van der Waals surface area contributed by atoms with Gasteiger partial charge in [0, 0.05) is 77.5 Å². The van der Waals surface area contributed by atoms with E-state index in [4.69, 9.17) is 33.2 Å². The number of hydrogen-bond acceptors (Lipinski definition) is 5. The number of piperidine rings is 1. The minimum absolute atomic E-state index is 0.0993. The summed E-state index contributed by atoms with van der Waals surface area (Å²) in [7, 11) is 1.85. The molecule has 256 valence electrons. The fourth-order valence-corrected chi connectivity index (χ4v) is 8.38. The van der Waals surface area contributed by atoms with Gasteiger partial charge in [-0.2, -0.15) is 0 Å².